The molecule has 0 atom stereocenters. The van der Waals surface area contributed by atoms with Crippen molar-refractivity contribution < 1.29 is 0 Å². The normalized spacial score (nSPS) is 11.2. The first-order valence-electron chi connectivity index (χ1n) is 5.69. The minimum atomic E-state index is -0.218. The first kappa shape index (κ1) is 14.0. The lowest BCUT2D eigenvalue weighted by molar-refractivity contribution is 0.534. The number of nitrogens with two attached hydrogens (primary N) is 1. The second-order valence-corrected chi connectivity index (χ2v) is 5.58. The van der Waals surface area contributed by atoms with Crippen LogP contribution in [0.15, 0.2) is 22.1 Å². The second kappa shape index (κ2) is 5.66. The zero-order valence-corrected chi connectivity index (χ0v) is 12.1. The third-order valence-corrected chi connectivity index (χ3v) is 3.77. The van der Waals surface area contributed by atoms with Gasteiger partial charge in [-0.25, -0.2) is 14.9 Å². The number of nitrogens with one attached hydrogen (secondary N) is 1. The maximum atomic E-state index is 11.6. The molecule has 19 heavy (non-hydrogen) atoms. The predicted molar refractivity (Wildman–Crippen MR) is 76.5 cm³/mol. The van der Waals surface area contributed by atoms with Gasteiger partial charge in [0.25, 0.3) is 0 Å². The van der Waals surface area contributed by atoms with E-state index in [0.29, 0.717) is 27.4 Å². The molecular weight excluding hydrogens is 286 g/mol. The van der Waals surface area contributed by atoms with Gasteiger partial charge in [-0.2, -0.15) is 0 Å². The molecule has 0 spiro atoms. The minimum Gasteiger partial charge on any atom is -0.384 e. The van der Waals surface area contributed by atoms with Gasteiger partial charge >= 0.3 is 5.69 Å². The summed E-state index contributed by atoms with van der Waals surface area (Å²) in [6.07, 6.45) is 0. The number of H-pyrrole nitrogens is 1. The number of hydrogen-bond donors (Lipinski definition) is 2. The van der Waals surface area contributed by atoms with E-state index in [1.165, 1.54) is 11.8 Å². The van der Waals surface area contributed by atoms with Crippen LogP contribution in [0.25, 0.3) is 0 Å². The zero-order chi connectivity index (χ0) is 14.0. The lowest BCUT2D eigenvalue weighted by Gasteiger charge is -2.08. The summed E-state index contributed by atoms with van der Waals surface area (Å²) >= 11 is 7.43. The minimum absolute atomic E-state index is 0.0398. The molecule has 102 valence electrons. The molecule has 0 radical (unpaired) electrons. The quantitative estimate of drug-likeness (QED) is 0.844. The van der Waals surface area contributed by atoms with Gasteiger partial charge in [-0.3, -0.25) is 4.57 Å². The second-order valence-electron chi connectivity index (χ2n) is 4.23. The van der Waals surface area contributed by atoms with Crippen LogP contribution in [0.5, 0.6) is 0 Å². The molecule has 2 aromatic rings. The Kier molecular flexibility index (Phi) is 4.16. The largest absolute Gasteiger partial charge is 0.384 e. The lowest BCUT2D eigenvalue weighted by Crippen LogP contribution is -2.19. The van der Waals surface area contributed by atoms with Crippen LogP contribution >= 0.6 is 23.4 Å². The summed E-state index contributed by atoms with van der Waals surface area (Å²) < 4.78 is 1.59. The summed E-state index contributed by atoms with van der Waals surface area (Å²) in [5, 5.41) is 7.59. The molecule has 0 aliphatic rings. The number of hydrogen-bond acceptors (Lipinski definition) is 5. The van der Waals surface area contributed by atoms with Crippen LogP contribution in [-0.2, 0) is 5.75 Å². The number of nitrogens with zero attached hydrogens (tertiary/aromatic N) is 3. The van der Waals surface area contributed by atoms with Gasteiger partial charge in [0.05, 0.1) is 10.7 Å². The van der Waals surface area contributed by atoms with Crippen molar-refractivity contribution in [3.05, 3.63) is 33.3 Å². The SMILES string of the molecule is CC(C)n1c(SCc2nc(N)ccc2Cl)n[nH]c1=O. The van der Waals surface area contributed by atoms with Gasteiger partial charge in [0, 0.05) is 11.8 Å². The summed E-state index contributed by atoms with van der Waals surface area (Å²) in [4.78, 5) is 15.8. The highest BCUT2D eigenvalue weighted by atomic mass is 35.5. The first-order valence-corrected chi connectivity index (χ1v) is 7.06. The molecule has 0 aliphatic carbocycles. The van der Waals surface area contributed by atoms with Crippen LogP contribution in [0, 0.1) is 0 Å². The molecule has 0 unspecified atom stereocenters. The molecule has 2 rings (SSSR count). The Balaban J connectivity index is 2.19. The van der Waals surface area contributed by atoms with E-state index in [1.807, 2.05) is 13.8 Å². The molecule has 0 aromatic carbocycles. The fourth-order valence-corrected chi connectivity index (χ4v) is 2.86. The molecule has 0 amide bonds. The highest BCUT2D eigenvalue weighted by Crippen LogP contribution is 2.25. The number of halogens is 1. The number of rotatable bonds is 4. The Labute approximate surface area is 119 Å². The average molecular weight is 300 g/mol. The van der Waals surface area contributed by atoms with Gasteiger partial charge in [0.1, 0.15) is 5.82 Å². The predicted octanol–water partition coefficient (Wildman–Crippen LogP) is 2.08. The molecule has 3 N–H and O–H groups in total. The fourth-order valence-electron chi connectivity index (χ4n) is 1.58. The molecule has 0 saturated heterocycles. The van der Waals surface area contributed by atoms with E-state index in [1.54, 1.807) is 16.7 Å². The van der Waals surface area contributed by atoms with Crippen LogP contribution in [0.1, 0.15) is 25.6 Å². The molecule has 2 heterocycles. The van der Waals surface area contributed by atoms with Gasteiger partial charge in [-0.1, -0.05) is 23.4 Å². The van der Waals surface area contributed by atoms with Gasteiger partial charge in [-0.05, 0) is 26.0 Å². The van der Waals surface area contributed by atoms with Crippen LogP contribution in [0.4, 0.5) is 5.82 Å². The van der Waals surface area contributed by atoms with E-state index in [2.05, 4.69) is 15.2 Å². The summed E-state index contributed by atoms with van der Waals surface area (Å²) in [5.41, 5.74) is 6.08. The number of aromatic amines is 1. The van der Waals surface area contributed by atoms with Crippen molar-refractivity contribution in [3.8, 4) is 0 Å². The van der Waals surface area contributed by atoms with E-state index in [4.69, 9.17) is 17.3 Å². The summed E-state index contributed by atoms with van der Waals surface area (Å²) in [6, 6.07) is 3.40. The van der Waals surface area contributed by atoms with Gasteiger partial charge in [0.2, 0.25) is 0 Å². The third kappa shape index (κ3) is 3.10. The Morgan fingerprint density at radius 2 is 2.26 bits per heavy atom. The van der Waals surface area contributed by atoms with E-state index < -0.39 is 0 Å². The van der Waals surface area contributed by atoms with Crippen LogP contribution < -0.4 is 11.4 Å². The standard InChI is InChI=1S/C11H14ClN5OS/c1-6(2)17-10(18)15-16-11(17)19-5-8-7(12)3-4-9(13)14-8/h3-4,6H,5H2,1-2H3,(H2,13,14)(H,15,18). The van der Waals surface area contributed by atoms with E-state index in [-0.39, 0.29) is 11.7 Å². The average Bonchev–Trinajstić information content (AvgIpc) is 2.72. The van der Waals surface area contributed by atoms with Crippen LogP contribution in [0.2, 0.25) is 5.02 Å². The lowest BCUT2D eigenvalue weighted by atomic mass is 10.4. The highest BCUT2D eigenvalue weighted by Gasteiger charge is 2.13. The van der Waals surface area contributed by atoms with Crippen molar-refractivity contribution in [3.63, 3.8) is 0 Å². The van der Waals surface area contributed by atoms with Gasteiger partial charge < -0.3 is 5.73 Å². The Morgan fingerprint density at radius 3 is 2.95 bits per heavy atom. The molecule has 0 saturated carbocycles. The molecule has 0 bridgehead atoms. The smallest absolute Gasteiger partial charge is 0.344 e. The molecule has 2 aromatic heterocycles. The van der Waals surface area contributed by atoms with E-state index in [0.717, 1.165) is 0 Å². The Hall–Kier alpha value is -1.47. The summed E-state index contributed by atoms with van der Waals surface area (Å²) in [6.45, 7) is 3.85. The monoisotopic (exact) mass is 299 g/mol. The number of pyridine rings is 1. The van der Waals surface area contributed by atoms with E-state index in [9.17, 15) is 4.79 Å². The summed E-state index contributed by atoms with van der Waals surface area (Å²) in [7, 11) is 0. The van der Waals surface area contributed by atoms with Crippen LogP contribution in [-0.4, -0.2) is 19.7 Å². The zero-order valence-electron chi connectivity index (χ0n) is 10.6. The van der Waals surface area contributed by atoms with Gasteiger partial charge in [-0.15, -0.1) is 5.10 Å². The van der Waals surface area contributed by atoms with Crippen molar-refractivity contribution in [1.29, 1.82) is 0 Å². The molecule has 8 heteroatoms. The fraction of sp³-hybridized carbons (Fsp3) is 0.364. The number of anilines is 1. The Morgan fingerprint density at radius 1 is 1.53 bits per heavy atom. The van der Waals surface area contributed by atoms with Crippen molar-refractivity contribution in [2.45, 2.75) is 30.8 Å². The Bertz CT molecular complexity index is 636. The molecule has 6 nitrogen and oxygen atoms in total. The highest BCUT2D eigenvalue weighted by molar-refractivity contribution is 7.98. The first-order chi connectivity index (χ1) is 8.99. The molecule has 0 aliphatic heterocycles. The van der Waals surface area contributed by atoms with Crippen molar-refractivity contribution >= 4 is 29.2 Å². The molecule has 0 fully saturated rings. The topological polar surface area (TPSA) is 89.6 Å². The van der Waals surface area contributed by atoms with Crippen molar-refractivity contribution in [2.24, 2.45) is 0 Å². The summed E-state index contributed by atoms with van der Waals surface area (Å²) in [5.74, 6) is 0.921. The van der Waals surface area contributed by atoms with E-state index >= 15 is 0 Å². The van der Waals surface area contributed by atoms with Gasteiger partial charge in [0.15, 0.2) is 5.16 Å². The molecular formula is C11H14ClN5OS. The number of nitrogen functional groups attached to an aromatic ring is 1. The maximum Gasteiger partial charge on any atom is 0.344 e. The maximum absolute atomic E-state index is 11.6. The number of aromatic nitrogens is 4. The number of thioether (sulfide) groups is 1. The van der Waals surface area contributed by atoms with Crippen molar-refractivity contribution in [2.75, 3.05) is 5.73 Å². The van der Waals surface area contributed by atoms with Crippen LogP contribution in [0.3, 0.4) is 0 Å². The third-order valence-electron chi connectivity index (χ3n) is 2.47. The van der Waals surface area contributed by atoms with Crippen molar-refractivity contribution in [1.82, 2.24) is 19.7 Å².